The van der Waals surface area contributed by atoms with E-state index in [1.165, 1.54) is 4.68 Å². The summed E-state index contributed by atoms with van der Waals surface area (Å²) in [5.74, 6) is 0.480. The number of likely N-dealkylation sites (tertiary alicyclic amines) is 1. The molecule has 0 radical (unpaired) electrons. The minimum Gasteiger partial charge on any atom is -0.378 e. The van der Waals surface area contributed by atoms with Crippen LogP contribution in [0.1, 0.15) is 48.4 Å². The largest absolute Gasteiger partial charge is 0.378 e. The molecule has 1 aromatic carbocycles. The molecule has 0 spiro atoms. The van der Waals surface area contributed by atoms with E-state index in [0.717, 1.165) is 36.0 Å². The van der Waals surface area contributed by atoms with E-state index in [2.05, 4.69) is 58.9 Å². The second kappa shape index (κ2) is 9.57. The number of nitrogens with two attached hydrogens (primary N) is 1. The van der Waals surface area contributed by atoms with Crippen LogP contribution in [0, 0.1) is 5.92 Å². The van der Waals surface area contributed by atoms with E-state index in [1.807, 2.05) is 31.2 Å². The van der Waals surface area contributed by atoms with Gasteiger partial charge in [-0.2, -0.15) is 9.78 Å². The normalized spacial score (nSPS) is 15.8. The zero-order valence-electron chi connectivity index (χ0n) is 17.8. The highest BCUT2D eigenvalue weighted by Crippen LogP contribution is 2.22. The molecule has 0 unspecified atom stereocenters. The van der Waals surface area contributed by atoms with E-state index in [0.29, 0.717) is 23.9 Å². The van der Waals surface area contributed by atoms with Gasteiger partial charge in [0.25, 0.3) is 5.91 Å². The van der Waals surface area contributed by atoms with Crippen LogP contribution in [0.2, 0.25) is 0 Å². The fourth-order valence-corrected chi connectivity index (χ4v) is 3.92. The van der Waals surface area contributed by atoms with Gasteiger partial charge in [-0.1, -0.05) is 40.2 Å². The number of amides is 1. The summed E-state index contributed by atoms with van der Waals surface area (Å²) < 4.78 is 7.05. The van der Waals surface area contributed by atoms with Crippen molar-refractivity contribution in [3.63, 3.8) is 0 Å². The molecular weight excluding hydrogens is 478 g/mol. The van der Waals surface area contributed by atoms with Crippen molar-refractivity contribution < 1.29 is 9.42 Å². The molecule has 0 saturated carbocycles. The lowest BCUT2D eigenvalue weighted by molar-refractivity contribution is 0.0946. The lowest BCUT2D eigenvalue weighted by atomic mass is 9.99. The van der Waals surface area contributed by atoms with Gasteiger partial charge in [0.2, 0.25) is 11.6 Å². The molecule has 2 aromatic heterocycles. The first-order valence-electron chi connectivity index (χ1n) is 10.3. The number of carbonyl (C=O) groups is 1. The molecule has 0 atom stereocenters. The average Bonchev–Trinajstić information content (AvgIpc) is 3.39. The first-order valence-corrected chi connectivity index (χ1v) is 11.1. The number of hydrogen-bond donors (Lipinski definition) is 2. The minimum absolute atomic E-state index is 0.0684. The Balaban J connectivity index is 1.59. The Hall–Kier alpha value is -3.12. The Morgan fingerprint density at radius 2 is 2.12 bits per heavy atom. The minimum atomic E-state index is -0.471. The van der Waals surface area contributed by atoms with Crippen LogP contribution in [-0.4, -0.2) is 54.9 Å². The molecule has 1 fully saturated rings. The third-order valence-corrected chi connectivity index (χ3v) is 5.98. The number of aromatic nitrogens is 5. The quantitative estimate of drug-likeness (QED) is 0.387. The van der Waals surface area contributed by atoms with Gasteiger partial charge < -0.3 is 5.73 Å². The molecule has 0 bridgehead atoms. The molecule has 1 amide bonds. The zero-order chi connectivity index (χ0) is 22.7. The van der Waals surface area contributed by atoms with Crippen molar-refractivity contribution in [2.45, 2.75) is 33.2 Å². The lowest BCUT2D eigenvalue weighted by Gasteiger charge is -2.30. The number of hydrazone groups is 1. The second-order valence-corrected chi connectivity index (χ2v) is 8.79. The van der Waals surface area contributed by atoms with E-state index >= 15 is 0 Å². The Morgan fingerprint density at radius 3 is 2.81 bits per heavy atom. The molecule has 3 N–H and O–H groups in total. The van der Waals surface area contributed by atoms with Crippen molar-refractivity contribution in [3.05, 3.63) is 45.7 Å². The topological polar surface area (TPSA) is 140 Å². The van der Waals surface area contributed by atoms with Crippen LogP contribution >= 0.6 is 15.9 Å². The van der Waals surface area contributed by atoms with E-state index in [4.69, 9.17) is 10.4 Å². The summed E-state index contributed by atoms with van der Waals surface area (Å²) in [5, 5.41) is 19.8. The van der Waals surface area contributed by atoms with Gasteiger partial charge in [0.05, 0.1) is 11.4 Å². The average molecular weight is 502 g/mol. The van der Waals surface area contributed by atoms with Crippen LogP contribution in [0.15, 0.2) is 38.5 Å². The summed E-state index contributed by atoms with van der Waals surface area (Å²) in [4.78, 5) is 15.2. The van der Waals surface area contributed by atoms with Gasteiger partial charge in [0.15, 0.2) is 5.69 Å². The predicted octanol–water partition coefficient (Wildman–Crippen LogP) is 2.38. The molecule has 1 aliphatic heterocycles. The lowest BCUT2D eigenvalue weighted by Crippen LogP contribution is -2.34. The molecule has 1 aliphatic rings. The summed E-state index contributed by atoms with van der Waals surface area (Å²) in [6.45, 7) is 6.36. The Morgan fingerprint density at radius 1 is 1.34 bits per heavy atom. The van der Waals surface area contributed by atoms with Crippen LogP contribution in [0.3, 0.4) is 0 Å². The maximum atomic E-state index is 13.0. The van der Waals surface area contributed by atoms with E-state index < -0.39 is 5.91 Å². The molecule has 11 nitrogen and oxygen atoms in total. The maximum absolute atomic E-state index is 13.0. The zero-order valence-corrected chi connectivity index (χ0v) is 19.4. The summed E-state index contributed by atoms with van der Waals surface area (Å²) in [5.41, 5.74) is 10.7. The van der Waals surface area contributed by atoms with Crippen LogP contribution in [0.4, 0.5) is 5.82 Å². The molecule has 12 heteroatoms. The number of benzene rings is 1. The molecular formula is C20H24BrN9O2. The molecule has 32 heavy (non-hydrogen) atoms. The Bertz CT molecular complexity index is 1130. The SMILES string of the molecule is C/C(=N\NC(=O)c1nnn(-c2nonc2N)c1CN1CCC(C)CC1)c1cccc(Br)c1. The predicted molar refractivity (Wildman–Crippen MR) is 121 cm³/mol. The maximum Gasteiger partial charge on any atom is 0.293 e. The molecule has 3 aromatic rings. The molecule has 1 saturated heterocycles. The van der Waals surface area contributed by atoms with Gasteiger partial charge in [-0.15, -0.1) is 5.10 Å². The highest BCUT2D eigenvalue weighted by molar-refractivity contribution is 9.10. The van der Waals surface area contributed by atoms with Gasteiger partial charge in [-0.05, 0) is 66.8 Å². The summed E-state index contributed by atoms with van der Waals surface area (Å²) in [6, 6.07) is 7.66. The third kappa shape index (κ3) is 4.86. The van der Waals surface area contributed by atoms with Crippen molar-refractivity contribution in [1.82, 2.24) is 35.6 Å². The number of carbonyl (C=O) groups excluding carboxylic acids is 1. The van der Waals surface area contributed by atoms with Crippen molar-refractivity contribution in [2.24, 2.45) is 11.0 Å². The van der Waals surface area contributed by atoms with Gasteiger partial charge in [-0.3, -0.25) is 9.69 Å². The highest BCUT2D eigenvalue weighted by atomic mass is 79.9. The van der Waals surface area contributed by atoms with Gasteiger partial charge in [-0.25, -0.2) is 10.1 Å². The van der Waals surface area contributed by atoms with E-state index in [9.17, 15) is 4.79 Å². The van der Waals surface area contributed by atoms with Gasteiger partial charge in [0.1, 0.15) is 0 Å². The fraction of sp³-hybridized carbons (Fsp3) is 0.400. The van der Waals surface area contributed by atoms with Crippen molar-refractivity contribution in [3.8, 4) is 5.82 Å². The number of piperidine rings is 1. The number of rotatable bonds is 6. The molecule has 3 heterocycles. The fourth-order valence-electron chi connectivity index (χ4n) is 3.53. The van der Waals surface area contributed by atoms with Crippen molar-refractivity contribution in [2.75, 3.05) is 18.8 Å². The van der Waals surface area contributed by atoms with E-state index in [-0.39, 0.29) is 17.3 Å². The number of nitrogens with zero attached hydrogens (tertiary/aromatic N) is 7. The number of nitrogens with one attached hydrogen (secondary N) is 1. The standard InChI is InChI=1S/C20H24BrN9O2/c1-12-6-8-29(9-7-12)11-16-17(24-28-30(16)19-18(22)26-32-27-19)20(31)25-23-13(2)14-4-3-5-15(21)10-14/h3-5,10,12H,6-9,11H2,1-2H3,(H2,22,26)(H,25,31)/b23-13+. The third-order valence-electron chi connectivity index (χ3n) is 5.49. The van der Waals surface area contributed by atoms with E-state index in [1.54, 1.807) is 0 Å². The number of hydrogen-bond acceptors (Lipinski definition) is 9. The van der Waals surface area contributed by atoms with Gasteiger partial charge >= 0.3 is 0 Å². The molecule has 168 valence electrons. The van der Waals surface area contributed by atoms with Crippen molar-refractivity contribution in [1.29, 1.82) is 0 Å². The number of nitrogen functional groups attached to an aromatic ring is 1. The highest BCUT2D eigenvalue weighted by Gasteiger charge is 2.27. The summed E-state index contributed by atoms with van der Waals surface area (Å²) >= 11 is 3.44. The second-order valence-electron chi connectivity index (χ2n) is 7.88. The van der Waals surface area contributed by atoms with Crippen LogP contribution in [0.25, 0.3) is 5.82 Å². The van der Waals surface area contributed by atoms with Crippen LogP contribution < -0.4 is 11.2 Å². The Labute approximate surface area is 193 Å². The number of anilines is 1. The Kier molecular flexibility index (Phi) is 6.61. The summed E-state index contributed by atoms with van der Waals surface area (Å²) in [7, 11) is 0. The van der Waals surface area contributed by atoms with Crippen molar-refractivity contribution >= 4 is 33.4 Å². The first-order chi connectivity index (χ1) is 15.4. The smallest absolute Gasteiger partial charge is 0.293 e. The number of halogens is 1. The van der Waals surface area contributed by atoms with Crippen LogP contribution in [0.5, 0.6) is 0 Å². The summed E-state index contributed by atoms with van der Waals surface area (Å²) in [6.07, 6.45) is 2.18. The molecule has 0 aliphatic carbocycles. The van der Waals surface area contributed by atoms with Crippen LogP contribution in [-0.2, 0) is 6.54 Å². The molecule has 4 rings (SSSR count). The monoisotopic (exact) mass is 501 g/mol. The van der Waals surface area contributed by atoms with Gasteiger partial charge in [0, 0.05) is 11.0 Å². The first kappa shape index (κ1) is 22.1.